The minimum Gasteiger partial charge on any atom is -0.294 e. The molecule has 0 atom stereocenters. The van der Waals surface area contributed by atoms with Crippen molar-refractivity contribution in [1.29, 1.82) is 0 Å². The highest BCUT2D eigenvalue weighted by Gasteiger charge is 2.09. The van der Waals surface area contributed by atoms with Crippen LogP contribution in [-0.4, -0.2) is 5.78 Å². The van der Waals surface area contributed by atoms with Gasteiger partial charge in [-0.15, -0.1) is 11.8 Å². The number of carbonyl (C=O) groups excluding carboxylic acids is 1. The van der Waals surface area contributed by atoms with E-state index >= 15 is 0 Å². The average Bonchev–Trinajstić information content (AvgIpc) is 2.18. The number of hydrogen-bond acceptors (Lipinski definition) is 1. The molecule has 0 aliphatic rings. The van der Waals surface area contributed by atoms with Crippen molar-refractivity contribution in [3.05, 3.63) is 35.6 Å². The lowest BCUT2D eigenvalue weighted by molar-refractivity contribution is 0.0980. The molecule has 0 aliphatic heterocycles. The van der Waals surface area contributed by atoms with Crippen molar-refractivity contribution >= 4 is 5.78 Å². The fraction of sp³-hybridized carbons (Fsp3) is 0.250. The third kappa shape index (κ3) is 2.70. The van der Waals surface area contributed by atoms with Gasteiger partial charge in [-0.1, -0.05) is 12.1 Å². The van der Waals surface area contributed by atoms with Crippen LogP contribution in [0.3, 0.4) is 0 Å². The fourth-order valence-electron chi connectivity index (χ4n) is 1.12. The van der Waals surface area contributed by atoms with Crippen molar-refractivity contribution in [2.24, 2.45) is 0 Å². The number of rotatable bonds is 3. The SMILES string of the molecule is CC#CCCC(=O)c1ccccc1F. The molecule has 14 heavy (non-hydrogen) atoms. The zero-order valence-electron chi connectivity index (χ0n) is 8.01. The summed E-state index contributed by atoms with van der Waals surface area (Å²) in [6.07, 6.45) is 0.769. The Morgan fingerprint density at radius 3 is 2.79 bits per heavy atom. The Bertz CT molecular complexity index is 385. The van der Waals surface area contributed by atoms with E-state index in [9.17, 15) is 9.18 Å². The standard InChI is InChI=1S/C12H11FO/c1-2-3-4-9-12(14)10-7-5-6-8-11(10)13/h5-8H,4,9H2,1H3. The molecule has 0 aliphatic carbocycles. The molecule has 0 spiro atoms. The smallest absolute Gasteiger partial charge is 0.166 e. The van der Waals surface area contributed by atoms with Crippen LogP contribution in [0, 0.1) is 17.7 Å². The molecule has 0 bridgehead atoms. The molecule has 0 radical (unpaired) electrons. The van der Waals surface area contributed by atoms with Crippen molar-refractivity contribution in [1.82, 2.24) is 0 Å². The topological polar surface area (TPSA) is 17.1 Å². The lowest BCUT2D eigenvalue weighted by Crippen LogP contribution is -2.01. The van der Waals surface area contributed by atoms with E-state index < -0.39 is 5.82 Å². The summed E-state index contributed by atoms with van der Waals surface area (Å²) >= 11 is 0. The van der Waals surface area contributed by atoms with Gasteiger partial charge in [0, 0.05) is 12.8 Å². The first-order valence-electron chi connectivity index (χ1n) is 4.43. The van der Waals surface area contributed by atoms with Gasteiger partial charge in [0.1, 0.15) is 5.82 Å². The van der Waals surface area contributed by atoms with Crippen LogP contribution in [-0.2, 0) is 0 Å². The molecule has 2 heteroatoms. The Morgan fingerprint density at radius 2 is 2.14 bits per heavy atom. The molecule has 1 aromatic rings. The summed E-state index contributed by atoms with van der Waals surface area (Å²) in [5, 5.41) is 0. The molecule has 0 aromatic heterocycles. The summed E-state index contributed by atoms with van der Waals surface area (Å²) in [6.45, 7) is 1.72. The van der Waals surface area contributed by atoms with Gasteiger partial charge in [-0.05, 0) is 19.1 Å². The Labute approximate surface area is 82.9 Å². The molecule has 0 N–H and O–H groups in total. The number of Topliss-reactive ketones (excluding diaryl/α,β-unsaturated/α-hetero) is 1. The molecule has 0 saturated carbocycles. The summed E-state index contributed by atoms with van der Waals surface area (Å²) in [6, 6.07) is 6.01. The molecule has 0 fully saturated rings. The molecule has 0 amide bonds. The van der Waals surface area contributed by atoms with Gasteiger partial charge >= 0.3 is 0 Å². The van der Waals surface area contributed by atoms with Crippen LogP contribution >= 0.6 is 0 Å². The average molecular weight is 190 g/mol. The second-order valence-electron chi connectivity index (χ2n) is 2.83. The maximum absolute atomic E-state index is 13.1. The third-order valence-electron chi connectivity index (χ3n) is 1.83. The number of benzene rings is 1. The van der Waals surface area contributed by atoms with E-state index in [0.29, 0.717) is 6.42 Å². The van der Waals surface area contributed by atoms with Crippen LogP contribution in [0.4, 0.5) is 4.39 Å². The Morgan fingerprint density at radius 1 is 1.43 bits per heavy atom. The molecule has 0 saturated heterocycles. The monoisotopic (exact) mass is 190 g/mol. The van der Waals surface area contributed by atoms with Gasteiger partial charge in [0.05, 0.1) is 5.56 Å². The van der Waals surface area contributed by atoms with Gasteiger partial charge in [-0.25, -0.2) is 4.39 Å². The van der Waals surface area contributed by atoms with Crippen LogP contribution in [0.2, 0.25) is 0 Å². The maximum Gasteiger partial charge on any atom is 0.166 e. The van der Waals surface area contributed by atoms with Gasteiger partial charge in [0.2, 0.25) is 0 Å². The van der Waals surface area contributed by atoms with Gasteiger partial charge in [0.15, 0.2) is 5.78 Å². The van der Waals surface area contributed by atoms with E-state index in [1.165, 1.54) is 12.1 Å². The highest BCUT2D eigenvalue weighted by molar-refractivity contribution is 5.96. The van der Waals surface area contributed by atoms with Crippen LogP contribution in [0.5, 0.6) is 0 Å². The molecule has 1 nitrogen and oxygen atoms in total. The maximum atomic E-state index is 13.1. The van der Waals surface area contributed by atoms with Crippen LogP contribution in [0.25, 0.3) is 0 Å². The van der Waals surface area contributed by atoms with Gasteiger partial charge in [0.25, 0.3) is 0 Å². The lowest BCUT2D eigenvalue weighted by Gasteiger charge is -1.99. The Hall–Kier alpha value is -1.62. The highest BCUT2D eigenvalue weighted by atomic mass is 19.1. The molecule has 1 rings (SSSR count). The minimum atomic E-state index is -0.457. The second-order valence-corrected chi connectivity index (χ2v) is 2.83. The molecular weight excluding hydrogens is 179 g/mol. The Balaban J connectivity index is 2.68. The first-order valence-corrected chi connectivity index (χ1v) is 4.43. The van der Waals surface area contributed by atoms with E-state index in [4.69, 9.17) is 0 Å². The van der Waals surface area contributed by atoms with Crippen molar-refractivity contribution in [3.63, 3.8) is 0 Å². The lowest BCUT2D eigenvalue weighted by atomic mass is 10.1. The second kappa shape index (κ2) is 5.18. The van der Waals surface area contributed by atoms with Crippen LogP contribution < -0.4 is 0 Å². The zero-order valence-corrected chi connectivity index (χ0v) is 8.01. The number of halogens is 1. The van der Waals surface area contributed by atoms with Crippen molar-refractivity contribution in [2.45, 2.75) is 19.8 Å². The summed E-state index contributed by atoms with van der Waals surface area (Å²) < 4.78 is 13.1. The van der Waals surface area contributed by atoms with E-state index in [-0.39, 0.29) is 17.8 Å². The largest absolute Gasteiger partial charge is 0.294 e. The first-order chi connectivity index (χ1) is 6.75. The van der Waals surface area contributed by atoms with E-state index in [1.54, 1.807) is 19.1 Å². The minimum absolute atomic E-state index is 0.158. The van der Waals surface area contributed by atoms with Crippen molar-refractivity contribution < 1.29 is 9.18 Å². The molecule has 72 valence electrons. The van der Waals surface area contributed by atoms with Crippen molar-refractivity contribution in [3.8, 4) is 11.8 Å². The molecule has 0 heterocycles. The van der Waals surface area contributed by atoms with Gasteiger partial charge < -0.3 is 0 Å². The van der Waals surface area contributed by atoms with E-state index in [1.807, 2.05) is 0 Å². The van der Waals surface area contributed by atoms with Crippen molar-refractivity contribution in [2.75, 3.05) is 0 Å². The zero-order chi connectivity index (χ0) is 10.4. The summed E-state index contributed by atoms with van der Waals surface area (Å²) in [5.74, 6) is 4.82. The van der Waals surface area contributed by atoms with Gasteiger partial charge in [-0.3, -0.25) is 4.79 Å². The number of ketones is 1. The normalized spacial score (nSPS) is 9.00. The molecular formula is C12H11FO. The highest BCUT2D eigenvalue weighted by Crippen LogP contribution is 2.09. The predicted molar refractivity (Wildman–Crippen MR) is 53.4 cm³/mol. The van der Waals surface area contributed by atoms with Crippen LogP contribution in [0.1, 0.15) is 30.1 Å². The third-order valence-corrected chi connectivity index (χ3v) is 1.83. The first kappa shape index (κ1) is 10.5. The Kier molecular flexibility index (Phi) is 3.87. The fourth-order valence-corrected chi connectivity index (χ4v) is 1.12. The summed E-state index contributed by atoms with van der Waals surface area (Å²) in [4.78, 5) is 11.4. The van der Waals surface area contributed by atoms with E-state index in [2.05, 4.69) is 11.8 Å². The summed E-state index contributed by atoms with van der Waals surface area (Å²) in [7, 11) is 0. The summed E-state index contributed by atoms with van der Waals surface area (Å²) in [5.41, 5.74) is 0.158. The molecule has 1 aromatic carbocycles. The predicted octanol–water partition coefficient (Wildman–Crippen LogP) is 2.81. The van der Waals surface area contributed by atoms with Crippen LogP contribution in [0.15, 0.2) is 24.3 Å². The van der Waals surface area contributed by atoms with E-state index in [0.717, 1.165) is 0 Å². The number of hydrogen-bond donors (Lipinski definition) is 0. The number of carbonyl (C=O) groups is 1. The van der Waals surface area contributed by atoms with Gasteiger partial charge in [-0.2, -0.15) is 0 Å². The quantitative estimate of drug-likeness (QED) is 0.529. The molecule has 0 unspecified atom stereocenters.